The predicted octanol–water partition coefficient (Wildman–Crippen LogP) is 2.09. The van der Waals surface area contributed by atoms with Crippen molar-refractivity contribution in [2.24, 2.45) is 17.6 Å². The fraction of sp³-hybridized carbons (Fsp3) is 0.917. The average Bonchev–Trinajstić information content (AvgIpc) is 3.08. The van der Waals surface area contributed by atoms with Gasteiger partial charge in [0.25, 0.3) is 0 Å². The molecule has 1 rings (SSSR count). The van der Waals surface area contributed by atoms with Gasteiger partial charge in [0.2, 0.25) is 5.91 Å². The van der Waals surface area contributed by atoms with E-state index in [2.05, 4.69) is 19.2 Å². The summed E-state index contributed by atoms with van der Waals surface area (Å²) in [6.07, 6.45) is 4.23. The Kier molecular flexibility index (Phi) is 6.34. The Balaban J connectivity index is 0.00000225. The number of nitrogens with one attached hydrogen (secondary N) is 1. The van der Waals surface area contributed by atoms with Gasteiger partial charge in [-0.25, -0.2) is 0 Å². The molecule has 4 heteroatoms. The highest BCUT2D eigenvalue weighted by Gasteiger charge is 2.35. The topological polar surface area (TPSA) is 55.1 Å². The SMILES string of the molecule is CCC(CC)(CN)NC(=O)C(C)C1CC1.Cl. The number of halogens is 1. The Morgan fingerprint density at radius 3 is 2.25 bits per heavy atom. The summed E-state index contributed by atoms with van der Waals surface area (Å²) in [4.78, 5) is 12.0. The number of carbonyl (C=O) groups is 1. The highest BCUT2D eigenvalue weighted by Crippen LogP contribution is 2.36. The Morgan fingerprint density at radius 1 is 1.44 bits per heavy atom. The summed E-state index contributed by atoms with van der Waals surface area (Å²) in [5.41, 5.74) is 5.57. The van der Waals surface area contributed by atoms with Crippen molar-refractivity contribution in [1.29, 1.82) is 0 Å². The Morgan fingerprint density at radius 2 is 1.94 bits per heavy atom. The van der Waals surface area contributed by atoms with Crippen molar-refractivity contribution >= 4 is 18.3 Å². The smallest absolute Gasteiger partial charge is 0.223 e. The van der Waals surface area contributed by atoms with Gasteiger partial charge in [-0.05, 0) is 31.6 Å². The van der Waals surface area contributed by atoms with Crippen molar-refractivity contribution in [3.05, 3.63) is 0 Å². The van der Waals surface area contributed by atoms with Crippen molar-refractivity contribution < 1.29 is 4.79 Å². The maximum absolute atomic E-state index is 12.0. The molecule has 1 amide bonds. The highest BCUT2D eigenvalue weighted by molar-refractivity contribution is 5.85. The van der Waals surface area contributed by atoms with Crippen LogP contribution in [-0.2, 0) is 4.79 Å². The van der Waals surface area contributed by atoms with Crippen LogP contribution in [0.15, 0.2) is 0 Å². The van der Waals surface area contributed by atoms with E-state index in [1.165, 1.54) is 12.8 Å². The summed E-state index contributed by atoms with van der Waals surface area (Å²) in [6.45, 7) is 6.72. The quantitative estimate of drug-likeness (QED) is 0.756. The molecule has 0 aromatic rings. The van der Waals surface area contributed by atoms with Crippen molar-refractivity contribution in [2.45, 2.75) is 52.0 Å². The van der Waals surface area contributed by atoms with Gasteiger partial charge in [-0.1, -0.05) is 20.8 Å². The summed E-state index contributed by atoms with van der Waals surface area (Å²) in [7, 11) is 0. The molecule has 3 nitrogen and oxygen atoms in total. The van der Waals surface area contributed by atoms with E-state index in [4.69, 9.17) is 5.73 Å². The van der Waals surface area contributed by atoms with Crippen LogP contribution in [0.5, 0.6) is 0 Å². The number of rotatable bonds is 6. The van der Waals surface area contributed by atoms with Crippen LogP contribution in [0.4, 0.5) is 0 Å². The molecule has 0 bridgehead atoms. The lowest BCUT2D eigenvalue weighted by Gasteiger charge is -2.32. The molecule has 96 valence electrons. The van der Waals surface area contributed by atoms with Gasteiger partial charge in [-0.15, -0.1) is 12.4 Å². The minimum absolute atomic E-state index is 0. The fourth-order valence-electron chi connectivity index (χ4n) is 1.95. The molecule has 0 aliphatic heterocycles. The van der Waals surface area contributed by atoms with E-state index in [9.17, 15) is 4.79 Å². The lowest BCUT2D eigenvalue weighted by atomic mass is 9.91. The van der Waals surface area contributed by atoms with Crippen LogP contribution >= 0.6 is 12.4 Å². The normalized spacial score (nSPS) is 17.5. The van der Waals surface area contributed by atoms with E-state index in [1.807, 2.05) is 6.92 Å². The minimum Gasteiger partial charge on any atom is -0.349 e. The maximum atomic E-state index is 12.0. The first kappa shape index (κ1) is 15.7. The Labute approximate surface area is 105 Å². The van der Waals surface area contributed by atoms with Gasteiger partial charge in [0.15, 0.2) is 0 Å². The summed E-state index contributed by atoms with van der Waals surface area (Å²) in [6, 6.07) is 0. The molecule has 1 aliphatic rings. The number of hydrogen-bond donors (Lipinski definition) is 2. The van der Waals surface area contributed by atoms with Gasteiger partial charge in [-0.3, -0.25) is 4.79 Å². The molecule has 0 radical (unpaired) electrons. The van der Waals surface area contributed by atoms with E-state index in [0.29, 0.717) is 12.5 Å². The molecule has 1 atom stereocenters. The van der Waals surface area contributed by atoms with Crippen LogP contribution in [-0.4, -0.2) is 18.0 Å². The van der Waals surface area contributed by atoms with Crippen LogP contribution in [0.25, 0.3) is 0 Å². The molecular weight excluding hydrogens is 224 g/mol. The van der Waals surface area contributed by atoms with E-state index < -0.39 is 0 Å². The zero-order valence-corrected chi connectivity index (χ0v) is 11.4. The fourth-order valence-corrected chi connectivity index (χ4v) is 1.95. The molecule has 0 heterocycles. The molecule has 1 fully saturated rings. The van der Waals surface area contributed by atoms with E-state index >= 15 is 0 Å². The second kappa shape index (κ2) is 6.45. The largest absolute Gasteiger partial charge is 0.349 e. The highest BCUT2D eigenvalue weighted by atomic mass is 35.5. The maximum Gasteiger partial charge on any atom is 0.223 e. The third kappa shape index (κ3) is 3.63. The van der Waals surface area contributed by atoms with E-state index in [0.717, 1.165) is 12.8 Å². The van der Waals surface area contributed by atoms with Crippen molar-refractivity contribution in [3.8, 4) is 0 Å². The lowest BCUT2D eigenvalue weighted by molar-refractivity contribution is -0.127. The molecule has 0 saturated heterocycles. The first-order valence-corrected chi connectivity index (χ1v) is 6.10. The third-order valence-electron chi connectivity index (χ3n) is 3.88. The summed E-state index contributed by atoms with van der Waals surface area (Å²) < 4.78 is 0. The van der Waals surface area contributed by atoms with E-state index in [1.54, 1.807) is 0 Å². The van der Waals surface area contributed by atoms with Crippen LogP contribution in [0.3, 0.4) is 0 Å². The number of amides is 1. The minimum atomic E-state index is -0.180. The monoisotopic (exact) mass is 248 g/mol. The van der Waals surface area contributed by atoms with Gasteiger partial charge < -0.3 is 11.1 Å². The lowest BCUT2D eigenvalue weighted by Crippen LogP contribution is -2.54. The molecule has 3 N–H and O–H groups in total. The van der Waals surface area contributed by atoms with Crippen LogP contribution in [0.2, 0.25) is 0 Å². The van der Waals surface area contributed by atoms with Gasteiger partial charge >= 0.3 is 0 Å². The summed E-state index contributed by atoms with van der Waals surface area (Å²) in [5, 5.41) is 3.14. The summed E-state index contributed by atoms with van der Waals surface area (Å²) in [5.74, 6) is 0.967. The molecule has 0 aromatic carbocycles. The van der Waals surface area contributed by atoms with Crippen molar-refractivity contribution in [1.82, 2.24) is 5.32 Å². The van der Waals surface area contributed by atoms with Crippen molar-refractivity contribution in [3.63, 3.8) is 0 Å². The van der Waals surface area contributed by atoms with Crippen LogP contribution in [0.1, 0.15) is 46.5 Å². The predicted molar refractivity (Wildman–Crippen MR) is 69.6 cm³/mol. The molecule has 16 heavy (non-hydrogen) atoms. The van der Waals surface area contributed by atoms with E-state index in [-0.39, 0.29) is 29.8 Å². The standard InChI is InChI=1S/C12H24N2O.ClH/c1-4-12(5-2,8-13)14-11(15)9(3)10-6-7-10;/h9-10H,4-8,13H2,1-3H3,(H,14,15);1H. The van der Waals surface area contributed by atoms with Gasteiger partial charge in [0.05, 0.1) is 5.54 Å². The molecule has 1 saturated carbocycles. The zero-order chi connectivity index (χ0) is 11.5. The van der Waals surface area contributed by atoms with Crippen molar-refractivity contribution in [2.75, 3.05) is 6.54 Å². The van der Waals surface area contributed by atoms with Gasteiger partial charge in [0, 0.05) is 12.5 Å². The van der Waals surface area contributed by atoms with Gasteiger partial charge in [-0.2, -0.15) is 0 Å². The molecular formula is C12H25ClN2O. The van der Waals surface area contributed by atoms with Gasteiger partial charge in [0.1, 0.15) is 0 Å². The molecule has 1 unspecified atom stereocenters. The van der Waals surface area contributed by atoms with Crippen LogP contribution < -0.4 is 11.1 Å². The second-order valence-electron chi connectivity index (χ2n) is 4.81. The summed E-state index contributed by atoms with van der Waals surface area (Å²) >= 11 is 0. The molecule has 1 aliphatic carbocycles. The number of hydrogen-bond acceptors (Lipinski definition) is 2. The first-order chi connectivity index (χ1) is 7.08. The second-order valence-corrected chi connectivity index (χ2v) is 4.81. The zero-order valence-electron chi connectivity index (χ0n) is 10.6. The van der Waals surface area contributed by atoms with Crippen LogP contribution in [0, 0.1) is 11.8 Å². The molecule has 0 spiro atoms. The molecule has 0 aromatic heterocycles. The Bertz CT molecular complexity index is 217. The third-order valence-corrected chi connectivity index (χ3v) is 3.88. The number of nitrogens with two attached hydrogens (primary N) is 1. The first-order valence-electron chi connectivity index (χ1n) is 6.10. The Hall–Kier alpha value is -0.280. The number of carbonyl (C=O) groups excluding carboxylic acids is 1. The average molecular weight is 249 g/mol.